The Labute approximate surface area is 144 Å². The first-order chi connectivity index (χ1) is 11.6. The molecule has 0 fully saturated rings. The van der Waals surface area contributed by atoms with Crippen LogP contribution in [0, 0.1) is 6.92 Å². The van der Waals surface area contributed by atoms with Crippen molar-refractivity contribution in [2.24, 2.45) is 0 Å². The molecule has 1 aromatic carbocycles. The van der Waals surface area contributed by atoms with Gasteiger partial charge < -0.3 is 0 Å². The van der Waals surface area contributed by atoms with Crippen molar-refractivity contribution >= 4 is 28.1 Å². The lowest BCUT2D eigenvalue weighted by molar-refractivity contribution is -0.115. The summed E-state index contributed by atoms with van der Waals surface area (Å²) < 4.78 is 1.67. The molecule has 0 atom stereocenters. The Kier molecular flexibility index (Phi) is 4.66. The molecular formula is C16H18N6OS. The van der Waals surface area contributed by atoms with E-state index < -0.39 is 0 Å². The molecule has 1 amide bonds. The fraction of sp³-hybridized carbons (Fsp3) is 0.312. The summed E-state index contributed by atoms with van der Waals surface area (Å²) in [6.45, 7) is 5.96. The molecule has 2 heterocycles. The highest BCUT2D eigenvalue weighted by Crippen LogP contribution is 2.29. The van der Waals surface area contributed by atoms with Gasteiger partial charge in [0.25, 0.3) is 0 Å². The van der Waals surface area contributed by atoms with Crippen LogP contribution in [0.4, 0.5) is 10.8 Å². The van der Waals surface area contributed by atoms with E-state index >= 15 is 0 Å². The summed E-state index contributed by atoms with van der Waals surface area (Å²) >= 11 is 1.43. The fourth-order valence-electron chi connectivity index (χ4n) is 2.33. The number of tetrazole rings is 1. The van der Waals surface area contributed by atoms with Gasteiger partial charge in [-0.3, -0.25) is 9.69 Å². The van der Waals surface area contributed by atoms with Gasteiger partial charge in [0.2, 0.25) is 5.91 Å². The van der Waals surface area contributed by atoms with Crippen LogP contribution in [0.25, 0.3) is 0 Å². The normalized spacial score (nSPS) is 10.8. The lowest BCUT2D eigenvalue weighted by Gasteiger charge is -2.18. The van der Waals surface area contributed by atoms with Crippen molar-refractivity contribution in [3.63, 3.8) is 0 Å². The molecule has 0 radical (unpaired) electrons. The maximum atomic E-state index is 12.1. The number of carbonyl (C=O) groups excluding carboxylic acids is 1. The van der Waals surface area contributed by atoms with Crippen LogP contribution in [0.3, 0.4) is 0 Å². The molecule has 0 aliphatic carbocycles. The molecule has 7 nitrogen and oxygen atoms in total. The zero-order valence-corrected chi connectivity index (χ0v) is 14.6. The molecule has 8 heteroatoms. The molecule has 0 saturated carbocycles. The Hall–Kier alpha value is -2.61. The van der Waals surface area contributed by atoms with Gasteiger partial charge >= 0.3 is 0 Å². The van der Waals surface area contributed by atoms with Crippen molar-refractivity contribution in [1.82, 2.24) is 25.2 Å². The van der Waals surface area contributed by atoms with Crippen LogP contribution in [0.15, 0.2) is 29.6 Å². The van der Waals surface area contributed by atoms with Crippen LogP contribution >= 0.6 is 11.3 Å². The lowest BCUT2D eigenvalue weighted by atomic mass is 10.1. The molecule has 3 rings (SSSR count). The van der Waals surface area contributed by atoms with Gasteiger partial charge in [-0.15, -0.1) is 16.4 Å². The number of carbonyl (C=O) groups is 1. The van der Waals surface area contributed by atoms with Crippen LogP contribution in [0.1, 0.15) is 30.9 Å². The summed E-state index contributed by atoms with van der Waals surface area (Å²) in [5.41, 5.74) is 2.87. The molecular weight excluding hydrogens is 324 g/mol. The lowest BCUT2D eigenvalue weighted by Crippen LogP contribution is -2.22. The first-order valence-corrected chi connectivity index (χ1v) is 8.53. The van der Waals surface area contributed by atoms with Crippen molar-refractivity contribution < 1.29 is 4.79 Å². The van der Waals surface area contributed by atoms with E-state index in [0.29, 0.717) is 11.7 Å². The van der Waals surface area contributed by atoms with Crippen molar-refractivity contribution in [1.29, 1.82) is 0 Å². The third-order valence-electron chi connectivity index (χ3n) is 3.67. The Morgan fingerprint density at radius 3 is 2.62 bits per heavy atom. The predicted octanol–water partition coefficient (Wildman–Crippen LogP) is 2.73. The molecule has 0 unspecified atom stereocenters. The fourth-order valence-corrected chi connectivity index (χ4v) is 3.21. The predicted molar refractivity (Wildman–Crippen MR) is 92.4 cm³/mol. The molecule has 0 N–H and O–H groups in total. The minimum Gasteiger partial charge on any atom is -0.274 e. The maximum absolute atomic E-state index is 12.1. The molecule has 24 heavy (non-hydrogen) atoms. The van der Waals surface area contributed by atoms with Crippen molar-refractivity contribution in [2.75, 3.05) is 4.90 Å². The molecule has 124 valence electrons. The molecule has 3 aromatic rings. The highest BCUT2D eigenvalue weighted by molar-refractivity contribution is 7.14. The van der Waals surface area contributed by atoms with Crippen LogP contribution < -0.4 is 4.90 Å². The van der Waals surface area contributed by atoms with Crippen molar-refractivity contribution in [3.8, 4) is 0 Å². The van der Waals surface area contributed by atoms with E-state index in [0.717, 1.165) is 23.6 Å². The average molecular weight is 342 g/mol. The van der Waals surface area contributed by atoms with E-state index in [4.69, 9.17) is 0 Å². The summed E-state index contributed by atoms with van der Waals surface area (Å²) in [5.74, 6) is 0.655. The van der Waals surface area contributed by atoms with Gasteiger partial charge in [-0.2, -0.15) is 0 Å². The minimum atomic E-state index is -0.0706. The monoisotopic (exact) mass is 342 g/mol. The number of thiazole rings is 1. The van der Waals surface area contributed by atoms with Crippen LogP contribution in [0.2, 0.25) is 0 Å². The molecule has 0 aliphatic rings. The van der Waals surface area contributed by atoms with E-state index in [9.17, 15) is 4.79 Å². The zero-order valence-electron chi connectivity index (χ0n) is 13.8. The molecule has 0 aliphatic heterocycles. The first-order valence-electron chi connectivity index (χ1n) is 7.65. The molecule has 0 saturated heterocycles. The second-order valence-corrected chi connectivity index (χ2v) is 6.22. The number of nitrogens with zero attached hydrogens (tertiary/aromatic N) is 6. The van der Waals surface area contributed by atoms with Crippen LogP contribution in [-0.4, -0.2) is 31.1 Å². The first kappa shape index (κ1) is 16.3. The van der Waals surface area contributed by atoms with E-state index in [1.165, 1.54) is 16.9 Å². The molecule has 2 aromatic heterocycles. The second kappa shape index (κ2) is 6.88. The summed E-state index contributed by atoms with van der Waals surface area (Å²) in [7, 11) is 0. The summed E-state index contributed by atoms with van der Waals surface area (Å²) in [4.78, 5) is 18.3. The Morgan fingerprint density at radius 2 is 2.04 bits per heavy atom. The highest BCUT2D eigenvalue weighted by Gasteiger charge is 2.18. The number of aromatic nitrogens is 5. The van der Waals surface area contributed by atoms with Gasteiger partial charge in [-0.25, -0.2) is 9.67 Å². The summed E-state index contributed by atoms with van der Waals surface area (Å²) in [5, 5.41) is 14.0. The third kappa shape index (κ3) is 3.33. The van der Waals surface area contributed by atoms with E-state index in [2.05, 4.69) is 27.4 Å². The quantitative estimate of drug-likeness (QED) is 0.712. The van der Waals surface area contributed by atoms with E-state index in [-0.39, 0.29) is 5.91 Å². The third-order valence-corrected chi connectivity index (χ3v) is 4.55. The largest absolute Gasteiger partial charge is 0.274 e. The number of hydrogen-bond donors (Lipinski definition) is 0. The van der Waals surface area contributed by atoms with E-state index in [1.54, 1.807) is 16.5 Å². The van der Waals surface area contributed by atoms with Gasteiger partial charge in [-0.1, -0.05) is 19.1 Å². The maximum Gasteiger partial charge on any atom is 0.230 e. The van der Waals surface area contributed by atoms with Crippen LogP contribution in [-0.2, 0) is 17.8 Å². The van der Waals surface area contributed by atoms with Gasteiger partial charge in [-0.05, 0) is 41.5 Å². The van der Waals surface area contributed by atoms with Gasteiger partial charge in [0.05, 0.1) is 17.9 Å². The summed E-state index contributed by atoms with van der Waals surface area (Å²) in [6.07, 6.45) is 0.965. The number of amides is 1. The number of hydrogen-bond acceptors (Lipinski definition) is 6. The summed E-state index contributed by atoms with van der Waals surface area (Å²) in [6, 6.07) is 7.97. The van der Waals surface area contributed by atoms with Crippen LogP contribution in [0.5, 0.6) is 0 Å². The topological polar surface area (TPSA) is 76.8 Å². The number of aryl methyl sites for hydroxylation is 2. The molecule has 0 bridgehead atoms. The number of rotatable bonds is 5. The average Bonchev–Trinajstić information content (AvgIpc) is 3.18. The second-order valence-electron chi connectivity index (χ2n) is 5.38. The zero-order chi connectivity index (χ0) is 17.1. The number of benzene rings is 1. The van der Waals surface area contributed by atoms with Gasteiger partial charge in [0.15, 0.2) is 5.13 Å². The smallest absolute Gasteiger partial charge is 0.230 e. The van der Waals surface area contributed by atoms with E-state index in [1.807, 2.05) is 36.6 Å². The van der Waals surface area contributed by atoms with Crippen molar-refractivity contribution in [3.05, 3.63) is 46.7 Å². The minimum absolute atomic E-state index is 0.0706. The Morgan fingerprint density at radius 1 is 1.29 bits per heavy atom. The molecule has 0 spiro atoms. The van der Waals surface area contributed by atoms with Gasteiger partial charge in [0, 0.05) is 12.3 Å². The van der Waals surface area contributed by atoms with Crippen molar-refractivity contribution in [2.45, 2.75) is 33.7 Å². The Balaban J connectivity index is 1.86. The highest BCUT2D eigenvalue weighted by atomic mass is 32.1. The number of anilines is 2. The standard InChI is InChI=1S/C16H18N6OS/c1-4-13-5-7-15(8-6-13)22(12(3)23)16-17-14(10-24-16)9-21-11(2)18-19-20-21/h5-8,10H,4,9H2,1-3H3. The van der Waals surface area contributed by atoms with Gasteiger partial charge in [0.1, 0.15) is 5.82 Å². The SMILES string of the molecule is CCc1ccc(N(C(C)=O)c2nc(Cn3nnnc3C)cs2)cc1. The Bertz CT molecular complexity index is 838.